The molecule has 6 amide bonds. The molecule has 3 fully saturated rings. The normalized spacial score (nSPS) is 28.6. The lowest BCUT2D eigenvalue weighted by molar-refractivity contribution is -0.163. The molecule has 0 spiro atoms. The number of hydrogen-bond acceptors (Lipinski definition) is 15. The number of ketones is 2. The topological polar surface area (TPSA) is 285 Å². The Labute approximate surface area is 466 Å². The minimum absolute atomic E-state index is 0.0564. The number of methoxy groups -OCH3 is 1. The number of aliphatic hydroxyl groups is 2. The lowest BCUT2D eigenvalue weighted by Crippen LogP contribution is -2.62. The van der Waals surface area contributed by atoms with Crippen molar-refractivity contribution in [2.75, 3.05) is 27.2 Å². The standard InChI is InChI=1S/C58H90N6O15/c1-15-33(8)47-45(66)29-46(67)79-51(32(6)7)50(69)35(10)52(70)59-41(26-30(2)3)56(74)63-24-16-18-42(63)49(68)34(9)40(28-38-20-22-39(77-14)23-21-38)58(76)78-37(12)48(54(72)60-47)61-53(71)44(27-31(4)5)62(13)57(75)43-19-17-25-64(43)55(73)36(11)65/h20-23,30-37,40-45,47-48,51,65-66H,15-19,24-29H2,1-14H3,(H,59,70)(H,60,72)(H,61,71)/t33-,34?,35-,36-,37+,40+,41-,42-,43-,44+,45-,47+,48-,51-/m0/s1. The molecule has 0 radical (unpaired) electrons. The van der Waals surface area contributed by atoms with Crippen LogP contribution in [0.4, 0.5) is 0 Å². The first-order valence-corrected chi connectivity index (χ1v) is 28.3. The van der Waals surface area contributed by atoms with Crippen molar-refractivity contribution >= 4 is 58.9 Å². The molecule has 3 aliphatic rings. The van der Waals surface area contributed by atoms with E-state index < -0.39 is 156 Å². The van der Waals surface area contributed by atoms with Crippen LogP contribution in [0.2, 0.25) is 0 Å². The number of amides is 6. The summed E-state index contributed by atoms with van der Waals surface area (Å²) in [6.07, 6.45) is -4.77. The molecule has 442 valence electrons. The zero-order valence-corrected chi connectivity index (χ0v) is 48.9. The van der Waals surface area contributed by atoms with Gasteiger partial charge in [0, 0.05) is 26.1 Å². The first-order chi connectivity index (χ1) is 37.0. The van der Waals surface area contributed by atoms with Crippen molar-refractivity contribution in [3.05, 3.63) is 29.8 Å². The Morgan fingerprint density at radius 2 is 1.48 bits per heavy atom. The van der Waals surface area contributed by atoms with E-state index in [9.17, 15) is 53.4 Å². The van der Waals surface area contributed by atoms with Crippen molar-refractivity contribution in [2.24, 2.45) is 41.4 Å². The molecule has 79 heavy (non-hydrogen) atoms. The van der Waals surface area contributed by atoms with Gasteiger partial charge in [0.15, 0.2) is 17.7 Å². The number of rotatable bonds is 15. The van der Waals surface area contributed by atoms with E-state index in [0.29, 0.717) is 30.6 Å². The highest BCUT2D eigenvalue weighted by Gasteiger charge is 2.46. The molecule has 4 rings (SSSR count). The van der Waals surface area contributed by atoms with E-state index in [2.05, 4.69) is 16.0 Å². The summed E-state index contributed by atoms with van der Waals surface area (Å²) < 4.78 is 17.3. The second-order valence-electron chi connectivity index (χ2n) is 23.3. The van der Waals surface area contributed by atoms with Gasteiger partial charge in [0.25, 0.3) is 5.91 Å². The third-order valence-electron chi connectivity index (χ3n) is 15.8. The molecule has 0 saturated carbocycles. The van der Waals surface area contributed by atoms with Crippen molar-refractivity contribution in [2.45, 2.75) is 202 Å². The van der Waals surface area contributed by atoms with Crippen LogP contribution in [0.1, 0.15) is 140 Å². The van der Waals surface area contributed by atoms with Gasteiger partial charge in [-0.1, -0.05) is 80.9 Å². The predicted octanol–water partition coefficient (Wildman–Crippen LogP) is 3.31. The summed E-state index contributed by atoms with van der Waals surface area (Å²) in [7, 11) is 2.91. The Bertz CT molecular complexity index is 2320. The van der Waals surface area contributed by atoms with E-state index in [1.807, 2.05) is 27.7 Å². The number of cyclic esters (lactones) is 2. The molecular weight excluding hydrogens is 1020 g/mol. The van der Waals surface area contributed by atoms with Crippen LogP contribution < -0.4 is 20.7 Å². The van der Waals surface area contributed by atoms with Crippen LogP contribution in [0.15, 0.2) is 24.3 Å². The number of likely N-dealkylation sites (tertiary alicyclic amines) is 1. The summed E-state index contributed by atoms with van der Waals surface area (Å²) in [5, 5.41) is 30.3. The summed E-state index contributed by atoms with van der Waals surface area (Å²) in [5.41, 5.74) is 0.613. The number of benzene rings is 1. The quantitative estimate of drug-likeness (QED) is 0.124. The maximum atomic E-state index is 15.0. The average molecular weight is 1110 g/mol. The smallest absolute Gasteiger partial charge is 0.310 e. The molecule has 21 heteroatoms. The second kappa shape index (κ2) is 29.5. The molecule has 21 nitrogen and oxygen atoms in total. The summed E-state index contributed by atoms with van der Waals surface area (Å²) in [6.45, 7) is 20.1. The highest BCUT2D eigenvalue weighted by atomic mass is 16.6. The fourth-order valence-electron chi connectivity index (χ4n) is 10.8. The number of nitrogens with one attached hydrogen (secondary N) is 3. The van der Waals surface area contributed by atoms with Gasteiger partial charge in [-0.3, -0.25) is 47.9 Å². The Balaban J connectivity index is 1.89. The number of nitrogens with zero attached hydrogens (tertiary/aromatic N) is 3. The number of ether oxygens (including phenoxy) is 3. The van der Waals surface area contributed by atoms with Crippen molar-refractivity contribution in [1.29, 1.82) is 0 Å². The first kappa shape index (κ1) is 65.6. The summed E-state index contributed by atoms with van der Waals surface area (Å²) in [6, 6.07) is -0.553. The van der Waals surface area contributed by atoms with Gasteiger partial charge >= 0.3 is 11.9 Å². The SMILES string of the molecule is CC[C@H](C)[C@H]1NC(=O)[C@@H](NC(=O)[C@@H](CC(C)C)N(C)C(=O)[C@@H]2CCCN2C(=O)[C@H](C)O)[C@@H](C)OC(=O)[C@H](Cc2ccc(OC)cc2)C(C)C(=O)[C@@H]2CCCN2C(=O)[C@H](CC(C)C)NC(=O)[C@@H](C)C(=O)[C@H](C(C)C)OC(=O)C[C@@H]1O. The highest BCUT2D eigenvalue weighted by Crippen LogP contribution is 2.31. The molecular formula is C58H90N6O15. The van der Waals surface area contributed by atoms with Crippen LogP contribution in [0.3, 0.4) is 0 Å². The maximum Gasteiger partial charge on any atom is 0.310 e. The maximum absolute atomic E-state index is 15.0. The van der Waals surface area contributed by atoms with Crippen molar-refractivity contribution < 1.29 is 72.4 Å². The van der Waals surface area contributed by atoms with Gasteiger partial charge < -0.3 is 55.1 Å². The van der Waals surface area contributed by atoms with Gasteiger partial charge in [0.05, 0.1) is 43.6 Å². The summed E-state index contributed by atoms with van der Waals surface area (Å²) in [5.74, 6) is -12.3. The number of likely N-dealkylation sites (N-methyl/N-ethyl adjacent to an activating group) is 1. The third-order valence-corrected chi connectivity index (χ3v) is 15.8. The molecule has 0 bridgehead atoms. The molecule has 5 N–H and O–H groups in total. The molecule has 3 saturated heterocycles. The van der Waals surface area contributed by atoms with Gasteiger partial charge in [0.2, 0.25) is 29.5 Å². The summed E-state index contributed by atoms with van der Waals surface area (Å²) >= 11 is 0. The molecule has 0 aliphatic carbocycles. The minimum atomic E-state index is -1.75. The molecule has 3 heterocycles. The fourth-order valence-corrected chi connectivity index (χ4v) is 10.8. The van der Waals surface area contributed by atoms with Crippen molar-refractivity contribution in [3.63, 3.8) is 0 Å². The predicted molar refractivity (Wildman–Crippen MR) is 291 cm³/mol. The van der Waals surface area contributed by atoms with E-state index in [1.165, 1.54) is 49.6 Å². The molecule has 1 aromatic rings. The van der Waals surface area contributed by atoms with Gasteiger partial charge in [-0.25, -0.2) is 0 Å². The highest BCUT2D eigenvalue weighted by molar-refractivity contribution is 6.05. The molecule has 14 atom stereocenters. The van der Waals surface area contributed by atoms with E-state index in [1.54, 1.807) is 58.9 Å². The number of aliphatic hydroxyl groups excluding tert-OH is 2. The van der Waals surface area contributed by atoms with E-state index in [0.717, 1.165) is 0 Å². The average Bonchev–Trinajstić information content (AvgIpc) is 4.13. The Morgan fingerprint density at radius 1 is 0.848 bits per heavy atom. The second-order valence-corrected chi connectivity index (χ2v) is 23.3. The monoisotopic (exact) mass is 1110 g/mol. The van der Waals surface area contributed by atoms with E-state index in [4.69, 9.17) is 14.2 Å². The number of Topliss-reactive ketones (excluding diaryl/α,β-unsaturated/α-hetero) is 2. The molecule has 1 unspecified atom stereocenters. The van der Waals surface area contributed by atoms with Crippen LogP contribution in [0.5, 0.6) is 5.75 Å². The minimum Gasteiger partial charge on any atom is -0.497 e. The van der Waals surface area contributed by atoms with Gasteiger partial charge in [-0.15, -0.1) is 0 Å². The molecule has 1 aromatic carbocycles. The zero-order valence-electron chi connectivity index (χ0n) is 48.9. The van der Waals surface area contributed by atoms with Crippen molar-refractivity contribution in [1.82, 2.24) is 30.7 Å². The van der Waals surface area contributed by atoms with Crippen LogP contribution in [-0.4, -0.2) is 172 Å². The number of esters is 2. The summed E-state index contributed by atoms with van der Waals surface area (Å²) in [4.78, 5) is 148. The van der Waals surface area contributed by atoms with Crippen LogP contribution in [-0.2, 0) is 63.8 Å². The molecule has 0 aromatic heterocycles. The lowest BCUT2D eigenvalue weighted by Gasteiger charge is -2.36. The largest absolute Gasteiger partial charge is 0.497 e. The van der Waals surface area contributed by atoms with Crippen LogP contribution in [0, 0.1) is 41.4 Å². The van der Waals surface area contributed by atoms with Crippen LogP contribution in [0.25, 0.3) is 0 Å². The molecule has 3 aliphatic heterocycles. The van der Waals surface area contributed by atoms with Crippen LogP contribution >= 0.6 is 0 Å². The van der Waals surface area contributed by atoms with E-state index >= 15 is 4.79 Å². The lowest BCUT2D eigenvalue weighted by atomic mass is 9.82. The van der Waals surface area contributed by atoms with E-state index in [-0.39, 0.29) is 57.0 Å². The fraction of sp³-hybridized carbons (Fsp3) is 0.724. The zero-order chi connectivity index (χ0) is 59.3. The van der Waals surface area contributed by atoms with Crippen molar-refractivity contribution in [3.8, 4) is 5.75 Å². The van der Waals surface area contributed by atoms with Gasteiger partial charge in [-0.2, -0.15) is 0 Å². The van der Waals surface area contributed by atoms with Gasteiger partial charge in [0.1, 0.15) is 42.1 Å². The number of fused-ring (bicyclic) bond motifs is 1. The number of carbonyl (C=O) groups is 10. The first-order valence-electron chi connectivity index (χ1n) is 28.3. The Kier molecular flexibility index (Phi) is 24.5. The Morgan fingerprint density at radius 3 is 2.05 bits per heavy atom. The number of hydrogen-bond donors (Lipinski definition) is 5. The third kappa shape index (κ3) is 17.0. The Hall–Kier alpha value is -5.96. The van der Waals surface area contributed by atoms with Gasteiger partial charge in [-0.05, 0) is 107 Å². The number of carbonyl (C=O) groups excluding carboxylic acids is 10.